The fourth-order valence-corrected chi connectivity index (χ4v) is 3.13. The zero-order valence-corrected chi connectivity index (χ0v) is 11.6. The molecule has 106 valence electrons. The molecule has 1 aromatic rings. The molecule has 1 aromatic carbocycles. The molecule has 0 saturated carbocycles. The van der Waals surface area contributed by atoms with E-state index in [2.05, 4.69) is 15.9 Å². The lowest BCUT2D eigenvalue weighted by Gasteiger charge is -2.32. The van der Waals surface area contributed by atoms with Gasteiger partial charge in [-0.1, -0.05) is 6.07 Å². The van der Waals surface area contributed by atoms with E-state index in [0.717, 1.165) is 51.5 Å². The minimum absolute atomic E-state index is 0.567. The first-order valence-corrected chi connectivity index (χ1v) is 7.15. The monoisotopic (exact) mass is 272 g/mol. The molecule has 5 nitrogen and oxygen atoms in total. The van der Waals surface area contributed by atoms with Gasteiger partial charge in [-0.15, -0.1) is 0 Å². The van der Waals surface area contributed by atoms with E-state index in [0.29, 0.717) is 17.3 Å². The number of hydrogen-bond donors (Lipinski definition) is 1. The Bertz CT molecular complexity index is 519. The highest BCUT2D eigenvalue weighted by Crippen LogP contribution is 2.30. The Balaban J connectivity index is 1.72. The van der Waals surface area contributed by atoms with Crippen LogP contribution >= 0.6 is 0 Å². The molecular formula is C15H20N4O. The third-order valence-corrected chi connectivity index (χ3v) is 4.27. The minimum Gasteiger partial charge on any atom is -0.396 e. The van der Waals surface area contributed by atoms with Crippen LogP contribution in [0.3, 0.4) is 0 Å². The van der Waals surface area contributed by atoms with Crippen LogP contribution in [0.25, 0.3) is 0 Å². The zero-order valence-electron chi connectivity index (χ0n) is 11.6. The Hall–Kier alpha value is -1.77. The maximum absolute atomic E-state index is 9.07. The summed E-state index contributed by atoms with van der Waals surface area (Å²) in [6, 6.07) is 8.42. The molecule has 2 N–H and O–H groups in total. The van der Waals surface area contributed by atoms with E-state index < -0.39 is 0 Å². The van der Waals surface area contributed by atoms with Gasteiger partial charge in [0.15, 0.2) is 0 Å². The number of hydrogen-bond acceptors (Lipinski definition) is 5. The number of rotatable bonds is 2. The van der Waals surface area contributed by atoms with Gasteiger partial charge in [-0.3, -0.25) is 4.90 Å². The van der Waals surface area contributed by atoms with Gasteiger partial charge in [-0.05, 0) is 18.6 Å². The summed E-state index contributed by atoms with van der Waals surface area (Å²) in [5, 5.41) is 9.07. The number of nitriles is 1. The van der Waals surface area contributed by atoms with Gasteiger partial charge in [0.1, 0.15) is 6.07 Å². The van der Waals surface area contributed by atoms with Crippen molar-refractivity contribution < 1.29 is 4.74 Å². The molecule has 0 bridgehead atoms. The van der Waals surface area contributed by atoms with Gasteiger partial charge in [0.2, 0.25) is 0 Å². The molecule has 5 heteroatoms. The standard InChI is InChI=1S/C15H20N4O/c16-10-12-2-1-3-14(15(12)17)19-5-4-13(11-19)18-6-8-20-9-7-18/h1-3,13H,4-9,11,17H2. The second-order valence-electron chi connectivity index (χ2n) is 5.39. The first-order valence-electron chi connectivity index (χ1n) is 7.15. The van der Waals surface area contributed by atoms with Gasteiger partial charge in [-0.2, -0.15) is 5.26 Å². The minimum atomic E-state index is 0.567. The van der Waals surface area contributed by atoms with Crippen molar-refractivity contribution in [1.82, 2.24) is 4.90 Å². The van der Waals surface area contributed by atoms with Crippen molar-refractivity contribution in [3.05, 3.63) is 23.8 Å². The molecule has 0 aromatic heterocycles. The van der Waals surface area contributed by atoms with E-state index in [1.165, 1.54) is 0 Å². The first-order chi connectivity index (χ1) is 9.79. The fraction of sp³-hybridized carbons (Fsp3) is 0.533. The molecule has 1 unspecified atom stereocenters. The summed E-state index contributed by atoms with van der Waals surface area (Å²) in [4.78, 5) is 4.81. The van der Waals surface area contributed by atoms with Crippen LogP contribution in [0.2, 0.25) is 0 Å². The van der Waals surface area contributed by atoms with Crippen LogP contribution in [0.1, 0.15) is 12.0 Å². The van der Waals surface area contributed by atoms with Crippen molar-refractivity contribution in [2.75, 3.05) is 50.0 Å². The van der Waals surface area contributed by atoms with Crippen LogP contribution in [0, 0.1) is 11.3 Å². The largest absolute Gasteiger partial charge is 0.396 e. The average molecular weight is 272 g/mol. The van der Waals surface area contributed by atoms with Crippen LogP contribution in [0.5, 0.6) is 0 Å². The Morgan fingerprint density at radius 2 is 2.05 bits per heavy atom. The molecule has 2 fully saturated rings. The lowest BCUT2D eigenvalue weighted by atomic mass is 10.1. The Morgan fingerprint density at radius 1 is 1.25 bits per heavy atom. The maximum atomic E-state index is 9.07. The molecule has 2 heterocycles. The zero-order chi connectivity index (χ0) is 13.9. The Kier molecular flexibility index (Phi) is 3.77. The van der Waals surface area contributed by atoms with Gasteiger partial charge in [0.05, 0.1) is 30.2 Å². The summed E-state index contributed by atoms with van der Waals surface area (Å²) in [5.41, 5.74) is 8.28. The van der Waals surface area contributed by atoms with Crippen LogP contribution in [0.4, 0.5) is 11.4 Å². The summed E-state index contributed by atoms with van der Waals surface area (Å²) in [6.07, 6.45) is 1.15. The highest BCUT2D eigenvalue weighted by Gasteiger charge is 2.29. The van der Waals surface area contributed by atoms with Crippen LogP contribution in [-0.2, 0) is 4.74 Å². The fourth-order valence-electron chi connectivity index (χ4n) is 3.13. The van der Waals surface area contributed by atoms with Gasteiger partial charge in [0.25, 0.3) is 0 Å². The molecule has 20 heavy (non-hydrogen) atoms. The van der Waals surface area contributed by atoms with Crippen molar-refractivity contribution >= 4 is 11.4 Å². The highest BCUT2D eigenvalue weighted by atomic mass is 16.5. The molecule has 1 atom stereocenters. The lowest BCUT2D eigenvalue weighted by Crippen LogP contribution is -2.44. The predicted molar refractivity (Wildman–Crippen MR) is 78.6 cm³/mol. The number of benzene rings is 1. The maximum Gasteiger partial charge on any atom is 0.101 e. The molecule has 3 rings (SSSR count). The molecule has 2 aliphatic heterocycles. The molecule has 0 radical (unpaired) electrons. The second-order valence-corrected chi connectivity index (χ2v) is 5.39. The summed E-state index contributed by atoms with van der Waals surface area (Å²) < 4.78 is 5.41. The second kappa shape index (κ2) is 5.70. The first kappa shape index (κ1) is 13.2. The Labute approximate surface area is 119 Å². The molecular weight excluding hydrogens is 252 g/mol. The highest BCUT2D eigenvalue weighted by molar-refractivity contribution is 5.74. The van der Waals surface area contributed by atoms with Crippen molar-refractivity contribution in [2.45, 2.75) is 12.5 Å². The summed E-state index contributed by atoms with van der Waals surface area (Å²) in [6.45, 7) is 5.70. The van der Waals surface area contributed by atoms with E-state index in [1.807, 2.05) is 12.1 Å². The van der Waals surface area contributed by atoms with Crippen molar-refractivity contribution in [1.29, 1.82) is 5.26 Å². The third kappa shape index (κ3) is 2.45. The van der Waals surface area contributed by atoms with E-state index >= 15 is 0 Å². The van der Waals surface area contributed by atoms with E-state index in [4.69, 9.17) is 15.7 Å². The van der Waals surface area contributed by atoms with Crippen LogP contribution in [0.15, 0.2) is 18.2 Å². The van der Waals surface area contributed by atoms with Crippen LogP contribution < -0.4 is 10.6 Å². The van der Waals surface area contributed by atoms with Crippen molar-refractivity contribution in [3.63, 3.8) is 0 Å². The van der Waals surface area contributed by atoms with Gasteiger partial charge < -0.3 is 15.4 Å². The van der Waals surface area contributed by atoms with Crippen molar-refractivity contribution in [3.8, 4) is 6.07 Å². The normalized spacial score (nSPS) is 23.8. The van der Waals surface area contributed by atoms with Crippen molar-refractivity contribution in [2.24, 2.45) is 0 Å². The molecule has 0 amide bonds. The molecule has 0 aliphatic carbocycles. The van der Waals surface area contributed by atoms with Gasteiger partial charge in [-0.25, -0.2) is 0 Å². The summed E-state index contributed by atoms with van der Waals surface area (Å²) >= 11 is 0. The molecule has 0 spiro atoms. The third-order valence-electron chi connectivity index (χ3n) is 4.27. The number of nitrogen functional groups attached to an aromatic ring is 1. The van der Waals surface area contributed by atoms with E-state index in [1.54, 1.807) is 6.07 Å². The Morgan fingerprint density at radius 3 is 2.80 bits per heavy atom. The summed E-state index contributed by atoms with van der Waals surface area (Å²) in [5.74, 6) is 0. The molecule has 2 saturated heterocycles. The number of nitrogens with two attached hydrogens (primary N) is 1. The van der Waals surface area contributed by atoms with E-state index in [-0.39, 0.29) is 0 Å². The van der Waals surface area contributed by atoms with Crippen LogP contribution in [-0.4, -0.2) is 50.3 Å². The summed E-state index contributed by atoms with van der Waals surface area (Å²) in [7, 11) is 0. The number of nitrogens with zero attached hydrogens (tertiary/aromatic N) is 3. The molecule has 2 aliphatic rings. The average Bonchev–Trinajstić information content (AvgIpc) is 2.98. The smallest absolute Gasteiger partial charge is 0.101 e. The number of morpholine rings is 1. The number of ether oxygens (including phenoxy) is 1. The topological polar surface area (TPSA) is 65.5 Å². The lowest BCUT2D eigenvalue weighted by molar-refractivity contribution is 0.0209. The number of anilines is 2. The SMILES string of the molecule is N#Cc1cccc(N2CCC(N3CCOCC3)C2)c1N. The van der Waals surface area contributed by atoms with E-state index in [9.17, 15) is 0 Å². The van der Waals surface area contributed by atoms with Gasteiger partial charge >= 0.3 is 0 Å². The number of para-hydroxylation sites is 1. The quantitative estimate of drug-likeness (QED) is 0.815. The predicted octanol–water partition coefficient (Wildman–Crippen LogP) is 1.05. The van der Waals surface area contributed by atoms with Gasteiger partial charge in [0, 0.05) is 32.2 Å².